The number of fused-ring (bicyclic) bond motifs is 1. The fourth-order valence-electron chi connectivity index (χ4n) is 2.92. The van der Waals surface area contributed by atoms with Crippen molar-refractivity contribution < 1.29 is 4.79 Å². The van der Waals surface area contributed by atoms with Crippen LogP contribution in [-0.2, 0) is 6.42 Å². The number of rotatable bonds is 2. The average molecular weight is 286 g/mol. The summed E-state index contributed by atoms with van der Waals surface area (Å²) in [4.78, 5) is 19.6. The van der Waals surface area contributed by atoms with Crippen LogP contribution < -0.4 is 5.32 Å². The highest BCUT2D eigenvalue weighted by Gasteiger charge is 2.24. The van der Waals surface area contributed by atoms with Crippen LogP contribution in [0.3, 0.4) is 0 Å². The molecule has 21 heavy (non-hydrogen) atoms. The predicted octanol–water partition coefficient (Wildman–Crippen LogP) is 1.64. The van der Waals surface area contributed by atoms with Gasteiger partial charge in [-0.15, -0.1) is 0 Å². The second-order valence-corrected chi connectivity index (χ2v) is 5.54. The number of aromatic nitrogens is 2. The third-order valence-corrected chi connectivity index (χ3v) is 4.08. The SMILES string of the molecule is CCc1nc2c(C)cccn2c1C(=O)N1CCCNCC1. The molecular formula is C16H22N4O. The first-order valence-electron chi connectivity index (χ1n) is 7.69. The molecule has 112 valence electrons. The molecule has 2 aromatic rings. The molecule has 2 aromatic heterocycles. The molecule has 1 aliphatic rings. The van der Waals surface area contributed by atoms with E-state index in [4.69, 9.17) is 0 Å². The summed E-state index contributed by atoms with van der Waals surface area (Å²) in [5.74, 6) is 0.105. The summed E-state index contributed by atoms with van der Waals surface area (Å²) in [7, 11) is 0. The first-order chi connectivity index (χ1) is 10.2. The highest BCUT2D eigenvalue weighted by atomic mass is 16.2. The molecule has 3 rings (SSSR count). The summed E-state index contributed by atoms with van der Waals surface area (Å²) in [6, 6.07) is 4.01. The summed E-state index contributed by atoms with van der Waals surface area (Å²) in [5, 5.41) is 3.34. The van der Waals surface area contributed by atoms with Crippen LogP contribution in [0.1, 0.15) is 35.1 Å². The maximum atomic E-state index is 13.0. The van der Waals surface area contributed by atoms with Gasteiger partial charge in [-0.1, -0.05) is 13.0 Å². The van der Waals surface area contributed by atoms with E-state index >= 15 is 0 Å². The van der Waals surface area contributed by atoms with Crippen LogP contribution in [0, 0.1) is 6.92 Å². The Bertz CT molecular complexity index is 654. The van der Waals surface area contributed by atoms with Gasteiger partial charge in [-0.25, -0.2) is 4.98 Å². The van der Waals surface area contributed by atoms with Crippen molar-refractivity contribution >= 4 is 11.6 Å². The highest BCUT2D eigenvalue weighted by molar-refractivity contribution is 5.95. The van der Waals surface area contributed by atoms with E-state index < -0.39 is 0 Å². The summed E-state index contributed by atoms with van der Waals surface area (Å²) >= 11 is 0. The molecule has 1 aliphatic heterocycles. The minimum atomic E-state index is 0.105. The van der Waals surface area contributed by atoms with Gasteiger partial charge in [0.15, 0.2) is 0 Å². The summed E-state index contributed by atoms with van der Waals surface area (Å²) < 4.78 is 1.95. The number of imidazole rings is 1. The molecule has 0 aliphatic carbocycles. The second kappa shape index (κ2) is 5.85. The van der Waals surface area contributed by atoms with Gasteiger partial charge in [0.1, 0.15) is 11.3 Å². The van der Waals surface area contributed by atoms with E-state index in [2.05, 4.69) is 17.2 Å². The van der Waals surface area contributed by atoms with Gasteiger partial charge in [-0.2, -0.15) is 0 Å². The Hall–Kier alpha value is -1.88. The number of carbonyl (C=O) groups excluding carboxylic acids is 1. The molecule has 0 saturated carbocycles. The van der Waals surface area contributed by atoms with E-state index in [0.29, 0.717) is 0 Å². The summed E-state index contributed by atoms with van der Waals surface area (Å²) in [5.41, 5.74) is 3.62. The largest absolute Gasteiger partial charge is 0.336 e. The van der Waals surface area contributed by atoms with Gasteiger partial charge >= 0.3 is 0 Å². The second-order valence-electron chi connectivity index (χ2n) is 5.54. The lowest BCUT2D eigenvalue weighted by Gasteiger charge is -2.20. The zero-order chi connectivity index (χ0) is 14.8. The number of hydrogen-bond acceptors (Lipinski definition) is 3. The molecule has 0 atom stereocenters. The number of amides is 1. The van der Waals surface area contributed by atoms with Crippen molar-refractivity contribution in [2.24, 2.45) is 0 Å². The van der Waals surface area contributed by atoms with Crippen molar-refractivity contribution in [3.05, 3.63) is 35.3 Å². The van der Waals surface area contributed by atoms with E-state index in [1.165, 1.54) is 0 Å². The van der Waals surface area contributed by atoms with Crippen LogP contribution in [0.2, 0.25) is 0 Å². The number of hydrogen-bond donors (Lipinski definition) is 1. The Morgan fingerprint density at radius 2 is 2.24 bits per heavy atom. The number of nitrogens with zero attached hydrogens (tertiary/aromatic N) is 3. The van der Waals surface area contributed by atoms with E-state index in [1.807, 2.05) is 34.6 Å². The molecule has 1 N–H and O–H groups in total. The van der Waals surface area contributed by atoms with Crippen molar-refractivity contribution in [3.63, 3.8) is 0 Å². The van der Waals surface area contributed by atoms with E-state index in [0.717, 1.165) is 61.6 Å². The van der Waals surface area contributed by atoms with Gasteiger partial charge < -0.3 is 10.2 Å². The molecule has 5 heteroatoms. The van der Waals surface area contributed by atoms with Crippen LogP contribution >= 0.6 is 0 Å². The highest BCUT2D eigenvalue weighted by Crippen LogP contribution is 2.18. The molecular weight excluding hydrogens is 264 g/mol. The van der Waals surface area contributed by atoms with Gasteiger partial charge in [0.2, 0.25) is 0 Å². The van der Waals surface area contributed by atoms with Crippen molar-refractivity contribution in [1.82, 2.24) is 19.6 Å². The minimum absolute atomic E-state index is 0.105. The number of pyridine rings is 1. The molecule has 0 spiro atoms. The molecule has 1 amide bonds. The zero-order valence-corrected chi connectivity index (χ0v) is 12.7. The minimum Gasteiger partial charge on any atom is -0.336 e. The first-order valence-corrected chi connectivity index (χ1v) is 7.69. The lowest BCUT2D eigenvalue weighted by atomic mass is 10.2. The van der Waals surface area contributed by atoms with Crippen LogP contribution in [0.15, 0.2) is 18.3 Å². The summed E-state index contributed by atoms with van der Waals surface area (Å²) in [6.45, 7) is 7.51. The van der Waals surface area contributed by atoms with Crippen LogP contribution in [0.4, 0.5) is 0 Å². The van der Waals surface area contributed by atoms with Crippen LogP contribution in [-0.4, -0.2) is 46.4 Å². The molecule has 0 aromatic carbocycles. The molecule has 3 heterocycles. The fraction of sp³-hybridized carbons (Fsp3) is 0.500. The molecule has 1 fully saturated rings. The van der Waals surface area contributed by atoms with Crippen molar-refractivity contribution in [1.29, 1.82) is 0 Å². The Labute approximate surface area is 125 Å². The maximum absolute atomic E-state index is 13.0. The molecule has 1 saturated heterocycles. The van der Waals surface area contributed by atoms with E-state index in [1.54, 1.807) is 0 Å². The predicted molar refractivity (Wildman–Crippen MR) is 82.7 cm³/mol. The monoisotopic (exact) mass is 286 g/mol. The third kappa shape index (κ3) is 2.53. The summed E-state index contributed by atoms with van der Waals surface area (Å²) in [6.07, 6.45) is 3.72. The van der Waals surface area contributed by atoms with E-state index in [-0.39, 0.29) is 5.91 Å². The molecule has 0 radical (unpaired) electrons. The number of nitrogens with one attached hydrogen (secondary N) is 1. The average Bonchev–Trinajstić information content (AvgIpc) is 2.68. The van der Waals surface area contributed by atoms with Gasteiger partial charge in [-0.05, 0) is 37.9 Å². The zero-order valence-electron chi connectivity index (χ0n) is 12.7. The standard InChI is InChI=1S/C16H22N4O/c1-3-13-14(16(21)19-9-5-7-17-8-11-19)20-10-4-6-12(2)15(20)18-13/h4,6,10,17H,3,5,7-9,11H2,1-2H3. The number of aryl methyl sites for hydroxylation is 2. The van der Waals surface area contributed by atoms with Gasteiger partial charge in [-0.3, -0.25) is 9.20 Å². The topological polar surface area (TPSA) is 49.6 Å². The molecule has 0 unspecified atom stereocenters. The van der Waals surface area contributed by atoms with Gasteiger partial charge in [0, 0.05) is 25.8 Å². The lowest BCUT2D eigenvalue weighted by molar-refractivity contribution is 0.0758. The van der Waals surface area contributed by atoms with E-state index in [9.17, 15) is 4.79 Å². The van der Waals surface area contributed by atoms with Gasteiger partial charge in [0.05, 0.1) is 5.69 Å². The Kier molecular flexibility index (Phi) is 3.92. The van der Waals surface area contributed by atoms with Crippen LogP contribution in [0.25, 0.3) is 5.65 Å². The first kappa shape index (κ1) is 14.1. The molecule has 0 bridgehead atoms. The smallest absolute Gasteiger partial charge is 0.272 e. The third-order valence-electron chi connectivity index (χ3n) is 4.08. The van der Waals surface area contributed by atoms with Crippen molar-refractivity contribution in [2.75, 3.05) is 26.2 Å². The van der Waals surface area contributed by atoms with Crippen molar-refractivity contribution in [2.45, 2.75) is 26.7 Å². The molecule has 5 nitrogen and oxygen atoms in total. The van der Waals surface area contributed by atoms with Crippen molar-refractivity contribution in [3.8, 4) is 0 Å². The quantitative estimate of drug-likeness (QED) is 0.913. The van der Waals surface area contributed by atoms with Crippen LogP contribution in [0.5, 0.6) is 0 Å². The maximum Gasteiger partial charge on any atom is 0.272 e. The lowest BCUT2D eigenvalue weighted by Crippen LogP contribution is -2.35. The van der Waals surface area contributed by atoms with Gasteiger partial charge in [0.25, 0.3) is 5.91 Å². The normalized spacial score (nSPS) is 16.2. The number of carbonyl (C=O) groups is 1. The fourth-order valence-corrected chi connectivity index (χ4v) is 2.92. The Morgan fingerprint density at radius 3 is 3.05 bits per heavy atom. The Morgan fingerprint density at radius 1 is 1.38 bits per heavy atom. The Balaban J connectivity index is 2.05.